The van der Waals surface area contributed by atoms with E-state index in [-0.39, 0.29) is 10.7 Å². The molecule has 104 valence electrons. The maximum atomic E-state index is 10.9. The molecule has 0 atom stereocenters. The zero-order valence-corrected chi connectivity index (χ0v) is 11.7. The fraction of sp³-hybridized carbons (Fsp3) is 0.214. The van der Waals surface area contributed by atoms with Crippen LogP contribution < -0.4 is 10.1 Å². The molecular formula is C14H14ClN3O2. The lowest BCUT2D eigenvalue weighted by atomic mass is 10.1. The number of carbonyl (C=O) groups is 1. The molecule has 5 nitrogen and oxygen atoms in total. The van der Waals surface area contributed by atoms with E-state index >= 15 is 0 Å². The number of aromatic nitrogens is 2. The highest BCUT2D eigenvalue weighted by Crippen LogP contribution is 2.17. The van der Waals surface area contributed by atoms with Crippen molar-refractivity contribution in [2.45, 2.75) is 6.42 Å². The van der Waals surface area contributed by atoms with Gasteiger partial charge in [-0.3, -0.25) is 4.79 Å². The van der Waals surface area contributed by atoms with Crippen molar-refractivity contribution in [2.75, 3.05) is 19.0 Å². The van der Waals surface area contributed by atoms with Crippen molar-refractivity contribution in [2.24, 2.45) is 0 Å². The summed E-state index contributed by atoms with van der Waals surface area (Å²) in [6, 6.07) is 7.81. The number of rotatable bonds is 6. The van der Waals surface area contributed by atoms with E-state index in [9.17, 15) is 4.79 Å². The average molecular weight is 292 g/mol. The van der Waals surface area contributed by atoms with Gasteiger partial charge in [-0.05, 0) is 24.1 Å². The van der Waals surface area contributed by atoms with Crippen molar-refractivity contribution >= 4 is 23.7 Å². The van der Waals surface area contributed by atoms with Crippen molar-refractivity contribution in [3.63, 3.8) is 0 Å². The molecular weight excluding hydrogens is 278 g/mol. The quantitative estimate of drug-likeness (QED) is 0.655. The molecule has 0 bridgehead atoms. The van der Waals surface area contributed by atoms with E-state index in [4.69, 9.17) is 16.3 Å². The molecule has 0 unspecified atom stereocenters. The number of nitrogens with one attached hydrogen (secondary N) is 1. The summed E-state index contributed by atoms with van der Waals surface area (Å²) in [4.78, 5) is 18.7. The normalized spacial score (nSPS) is 10.1. The second-order valence-electron chi connectivity index (χ2n) is 4.07. The minimum Gasteiger partial charge on any atom is -0.497 e. The number of nitrogens with zero attached hydrogens (tertiary/aromatic N) is 2. The number of aldehydes is 1. The van der Waals surface area contributed by atoms with Crippen LogP contribution in [0.1, 0.15) is 15.9 Å². The molecule has 0 radical (unpaired) electrons. The molecule has 1 aromatic carbocycles. The van der Waals surface area contributed by atoms with Crippen molar-refractivity contribution < 1.29 is 9.53 Å². The van der Waals surface area contributed by atoms with Gasteiger partial charge in [0.2, 0.25) is 0 Å². The van der Waals surface area contributed by atoms with Crippen LogP contribution in [0.25, 0.3) is 0 Å². The van der Waals surface area contributed by atoms with Gasteiger partial charge in [0, 0.05) is 6.54 Å². The van der Waals surface area contributed by atoms with Gasteiger partial charge in [-0.1, -0.05) is 23.7 Å². The zero-order valence-electron chi connectivity index (χ0n) is 11.0. The monoisotopic (exact) mass is 291 g/mol. The van der Waals surface area contributed by atoms with E-state index in [0.717, 1.165) is 17.7 Å². The van der Waals surface area contributed by atoms with Gasteiger partial charge in [0.1, 0.15) is 23.0 Å². The number of ether oxygens (including phenoxy) is 1. The highest BCUT2D eigenvalue weighted by atomic mass is 35.5. The Labute approximate surface area is 122 Å². The number of hydrogen-bond acceptors (Lipinski definition) is 5. The smallest absolute Gasteiger partial charge is 0.156 e. The van der Waals surface area contributed by atoms with E-state index in [1.165, 1.54) is 6.33 Å². The van der Waals surface area contributed by atoms with Gasteiger partial charge in [-0.25, -0.2) is 9.97 Å². The molecule has 0 aliphatic rings. The third-order valence-electron chi connectivity index (χ3n) is 2.82. The van der Waals surface area contributed by atoms with Crippen LogP contribution in [0.15, 0.2) is 30.6 Å². The van der Waals surface area contributed by atoms with Crippen LogP contribution in [-0.4, -0.2) is 29.9 Å². The van der Waals surface area contributed by atoms with Gasteiger partial charge >= 0.3 is 0 Å². The summed E-state index contributed by atoms with van der Waals surface area (Å²) >= 11 is 5.82. The van der Waals surface area contributed by atoms with Crippen LogP contribution >= 0.6 is 11.6 Å². The Morgan fingerprint density at radius 3 is 2.70 bits per heavy atom. The first kappa shape index (κ1) is 14.3. The topological polar surface area (TPSA) is 64.1 Å². The average Bonchev–Trinajstić information content (AvgIpc) is 2.48. The molecule has 0 aliphatic heterocycles. The van der Waals surface area contributed by atoms with Gasteiger partial charge in [0.05, 0.1) is 12.7 Å². The molecule has 1 aromatic heterocycles. The molecule has 2 rings (SSSR count). The summed E-state index contributed by atoms with van der Waals surface area (Å²) in [6.45, 7) is 0.639. The van der Waals surface area contributed by atoms with Crippen molar-refractivity contribution in [3.05, 3.63) is 46.9 Å². The Balaban J connectivity index is 1.95. The lowest BCUT2D eigenvalue weighted by Gasteiger charge is -2.08. The SMILES string of the molecule is COc1ccc(CCNc2ncnc(Cl)c2C=O)cc1. The van der Waals surface area contributed by atoms with Gasteiger partial charge in [-0.15, -0.1) is 0 Å². The lowest BCUT2D eigenvalue weighted by molar-refractivity contribution is 0.112. The molecule has 2 aromatic rings. The molecule has 1 heterocycles. The zero-order chi connectivity index (χ0) is 14.4. The lowest BCUT2D eigenvalue weighted by Crippen LogP contribution is -2.09. The highest BCUT2D eigenvalue weighted by molar-refractivity contribution is 6.32. The first-order chi connectivity index (χ1) is 9.74. The summed E-state index contributed by atoms with van der Waals surface area (Å²) in [7, 11) is 1.64. The van der Waals surface area contributed by atoms with Crippen molar-refractivity contribution in [1.82, 2.24) is 9.97 Å². The molecule has 0 fully saturated rings. The summed E-state index contributed by atoms with van der Waals surface area (Å²) in [6.07, 6.45) is 2.77. The number of halogens is 1. The van der Waals surface area contributed by atoms with Crippen LogP contribution in [0.3, 0.4) is 0 Å². The second kappa shape index (κ2) is 6.86. The molecule has 0 aliphatic carbocycles. The van der Waals surface area contributed by atoms with E-state index in [1.54, 1.807) is 7.11 Å². The summed E-state index contributed by atoms with van der Waals surface area (Å²) < 4.78 is 5.10. The first-order valence-corrected chi connectivity index (χ1v) is 6.45. The fourth-order valence-electron chi connectivity index (χ4n) is 1.74. The Morgan fingerprint density at radius 1 is 1.30 bits per heavy atom. The number of anilines is 1. The standard InChI is InChI=1S/C14H14ClN3O2/c1-20-11-4-2-10(3-5-11)6-7-16-14-12(8-19)13(15)17-9-18-14/h2-5,8-9H,6-7H2,1H3,(H,16,17,18). The third kappa shape index (κ3) is 3.45. The van der Waals surface area contributed by atoms with E-state index < -0.39 is 0 Å². The predicted molar refractivity (Wildman–Crippen MR) is 77.6 cm³/mol. The molecule has 0 saturated heterocycles. The number of methoxy groups -OCH3 is 1. The van der Waals surface area contributed by atoms with Crippen molar-refractivity contribution in [3.8, 4) is 5.75 Å². The third-order valence-corrected chi connectivity index (χ3v) is 3.12. The number of benzene rings is 1. The fourth-order valence-corrected chi connectivity index (χ4v) is 1.91. The molecule has 0 saturated carbocycles. The maximum Gasteiger partial charge on any atom is 0.156 e. The Kier molecular flexibility index (Phi) is 4.90. The minimum atomic E-state index is 0.155. The van der Waals surface area contributed by atoms with E-state index in [1.807, 2.05) is 24.3 Å². The van der Waals surface area contributed by atoms with Gasteiger partial charge in [0.15, 0.2) is 6.29 Å². The van der Waals surface area contributed by atoms with Crippen LogP contribution in [-0.2, 0) is 6.42 Å². The van der Waals surface area contributed by atoms with Gasteiger partial charge in [-0.2, -0.15) is 0 Å². The largest absolute Gasteiger partial charge is 0.497 e. The second-order valence-corrected chi connectivity index (χ2v) is 4.43. The Bertz CT molecular complexity index is 587. The summed E-state index contributed by atoms with van der Waals surface area (Å²) in [5.74, 6) is 1.28. The number of carbonyl (C=O) groups excluding carboxylic acids is 1. The van der Waals surface area contributed by atoms with Crippen LogP contribution in [0, 0.1) is 0 Å². The van der Waals surface area contributed by atoms with E-state index in [2.05, 4.69) is 15.3 Å². The van der Waals surface area contributed by atoms with E-state index in [0.29, 0.717) is 18.6 Å². The highest BCUT2D eigenvalue weighted by Gasteiger charge is 2.08. The molecule has 6 heteroatoms. The maximum absolute atomic E-state index is 10.9. The molecule has 1 N–H and O–H groups in total. The van der Waals surface area contributed by atoms with Crippen molar-refractivity contribution in [1.29, 1.82) is 0 Å². The Hall–Kier alpha value is -2.14. The summed E-state index contributed by atoms with van der Waals surface area (Å²) in [5, 5.41) is 3.24. The first-order valence-electron chi connectivity index (χ1n) is 6.07. The molecule has 20 heavy (non-hydrogen) atoms. The van der Waals surface area contributed by atoms with Gasteiger partial charge < -0.3 is 10.1 Å². The summed E-state index contributed by atoms with van der Waals surface area (Å²) in [5.41, 5.74) is 1.44. The van der Waals surface area contributed by atoms with Crippen LogP contribution in [0.2, 0.25) is 5.15 Å². The number of hydrogen-bond donors (Lipinski definition) is 1. The minimum absolute atomic E-state index is 0.155. The Morgan fingerprint density at radius 2 is 2.05 bits per heavy atom. The van der Waals surface area contributed by atoms with Crippen LogP contribution in [0.4, 0.5) is 5.82 Å². The predicted octanol–water partition coefficient (Wildman–Crippen LogP) is 2.61. The molecule has 0 spiro atoms. The van der Waals surface area contributed by atoms with Crippen LogP contribution in [0.5, 0.6) is 5.75 Å². The van der Waals surface area contributed by atoms with Gasteiger partial charge in [0.25, 0.3) is 0 Å². The molecule has 0 amide bonds.